The zero-order valence-corrected chi connectivity index (χ0v) is 10.0. The Balaban J connectivity index is 0.00000121. The van der Waals surface area contributed by atoms with Gasteiger partial charge in [0.1, 0.15) is 0 Å². The third-order valence-corrected chi connectivity index (χ3v) is 1.61. The Kier molecular flexibility index (Phi) is 6.10. The van der Waals surface area contributed by atoms with Gasteiger partial charge in [0.05, 0.1) is 0 Å². The molecule has 3 nitrogen and oxygen atoms in total. The molecule has 1 unspecified atom stereocenters. The molecule has 0 aliphatic carbocycles. The summed E-state index contributed by atoms with van der Waals surface area (Å²) in [6.07, 6.45) is 0. The predicted molar refractivity (Wildman–Crippen MR) is 39.7 cm³/mol. The Morgan fingerprint density at radius 2 is 1.83 bits per heavy atom. The van der Waals surface area contributed by atoms with Gasteiger partial charge < -0.3 is 4.89 Å². The van der Waals surface area contributed by atoms with Crippen molar-refractivity contribution >= 4 is 19.9 Å². The number of rotatable bonds is 2. The summed E-state index contributed by atoms with van der Waals surface area (Å²) in [6, 6.07) is 6.06. The molecule has 0 saturated heterocycles. The number of hydrogen-bond donors (Lipinski definition) is 0. The van der Waals surface area contributed by atoms with Crippen LogP contribution in [0.3, 0.4) is 0 Å². The first-order chi connectivity index (χ1) is 5.18. The minimum absolute atomic E-state index is 0. The van der Waals surface area contributed by atoms with Gasteiger partial charge in [0.2, 0.25) is 0 Å². The van der Waals surface area contributed by atoms with Crippen LogP contribution in [0.5, 0.6) is 5.75 Å². The van der Waals surface area contributed by atoms with Crippen LogP contribution in [0.15, 0.2) is 24.3 Å². The van der Waals surface area contributed by atoms with Crippen LogP contribution in [0.2, 0.25) is 5.02 Å². The molecule has 1 aromatic rings. The summed E-state index contributed by atoms with van der Waals surface area (Å²) in [4.78, 5) is 10.0. The fourth-order valence-corrected chi connectivity index (χ4v) is 1.00. The Bertz CT molecular complexity index is 264. The van der Waals surface area contributed by atoms with Gasteiger partial charge in [-0.15, -0.1) is 0 Å². The van der Waals surface area contributed by atoms with E-state index in [1.165, 1.54) is 12.1 Å². The van der Waals surface area contributed by atoms with Crippen LogP contribution in [0, 0.1) is 0 Å². The van der Waals surface area contributed by atoms with Gasteiger partial charge in [-0.3, -0.25) is 4.52 Å². The van der Waals surface area contributed by atoms with Crippen molar-refractivity contribution in [1.29, 1.82) is 0 Å². The Labute approximate surface area is 97.9 Å². The van der Waals surface area contributed by atoms with Gasteiger partial charge in [-0.25, -0.2) is 0 Å². The summed E-state index contributed by atoms with van der Waals surface area (Å²) < 4.78 is 14.4. The molecule has 6 heteroatoms. The first-order valence-corrected chi connectivity index (χ1v) is 4.24. The molecule has 1 rings (SSSR count). The van der Waals surface area contributed by atoms with E-state index in [0.717, 1.165) is 0 Å². The molecule has 58 valence electrons. The predicted octanol–water partition coefficient (Wildman–Crippen LogP) is -1.26. The first-order valence-electron chi connectivity index (χ1n) is 2.76. The zero-order valence-electron chi connectivity index (χ0n) is 6.36. The molecule has 0 aromatic heterocycles. The Morgan fingerprint density at radius 1 is 1.33 bits per heavy atom. The quantitative estimate of drug-likeness (QED) is 0.455. The molecule has 1 aromatic carbocycles. The third-order valence-electron chi connectivity index (χ3n) is 0.994. The smallest absolute Gasteiger partial charge is 0.558 e. The maximum Gasteiger partial charge on any atom is 1.00 e. The number of benzene rings is 1. The zero-order chi connectivity index (χ0) is 8.27. The van der Waals surface area contributed by atoms with Crippen molar-refractivity contribution in [2.75, 3.05) is 0 Å². The monoisotopic (exact) mass is 213 g/mol. The van der Waals surface area contributed by atoms with Crippen LogP contribution in [0.1, 0.15) is 0 Å². The van der Waals surface area contributed by atoms with Gasteiger partial charge >= 0.3 is 37.8 Å². The third kappa shape index (κ3) is 4.41. The van der Waals surface area contributed by atoms with Gasteiger partial charge in [0, 0.05) is 5.02 Å². The minimum Gasteiger partial charge on any atom is -0.558 e. The first kappa shape index (κ1) is 12.4. The van der Waals surface area contributed by atoms with E-state index < -0.39 is 8.25 Å². The molecule has 1 atom stereocenters. The molecule has 0 aliphatic heterocycles. The molecule has 0 saturated carbocycles. The molecule has 0 N–H and O–H groups in total. The molecule has 0 fully saturated rings. The van der Waals surface area contributed by atoms with E-state index in [-0.39, 0.29) is 35.3 Å². The summed E-state index contributed by atoms with van der Waals surface area (Å²) in [5.41, 5.74) is 0. The molecule has 0 aliphatic rings. The summed E-state index contributed by atoms with van der Waals surface area (Å²) in [5.74, 6) is 0.269. The van der Waals surface area contributed by atoms with Crippen molar-refractivity contribution in [2.45, 2.75) is 0 Å². The molecular weight excluding hydrogens is 209 g/mol. The van der Waals surface area contributed by atoms with Crippen molar-refractivity contribution in [3.05, 3.63) is 29.3 Å². The maximum atomic E-state index is 10.0. The number of halogens is 1. The van der Waals surface area contributed by atoms with E-state index >= 15 is 0 Å². The second-order valence-corrected chi connectivity index (χ2v) is 2.84. The van der Waals surface area contributed by atoms with E-state index in [2.05, 4.69) is 4.52 Å². The summed E-state index contributed by atoms with van der Waals surface area (Å²) >= 11 is 5.54. The molecule has 0 radical (unpaired) electrons. The summed E-state index contributed by atoms with van der Waals surface area (Å²) in [6.45, 7) is 0. The second-order valence-electron chi connectivity index (χ2n) is 1.77. The van der Waals surface area contributed by atoms with Crippen LogP contribution < -0.4 is 39.0 Å². The number of hydrogen-bond acceptors (Lipinski definition) is 3. The molecule has 0 spiro atoms. The van der Waals surface area contributed by atoms with Gasteiger partial charge in [-0.05, 0) is 28.8 Å². The average molecular weight is 214 g/mol. The molecule has 0 bridgehead atoms. The molecule has 0 heterocycles. The van der Waals surface area contributed by atoms with E-state index in [1.807, 2.05) is 0 Å². The SMILES string of the molecule is O=[P+]([O-])Oc1ccc(Cl)cc1.[Na+]. The van der Waals surface area contributed by atoms with Crippen LogP contribution in [0.25, 0.3) is 0 Å². The van der Waals surface area contributed by atoms with E-state index in [9.17, 15) is 9.46 Å². The topological polar surface area (TPSA) is 49.4 Å². The fourth-order valence-electron chi connectivity index (χ4n) is 0.582. The summed E-state index contributed by atoms with van der Waals surface area (Å²) in [5, 5.41) is 0.540. The van der Waals surface area contributed by atoms with Crippen LogP contribution >= 0.6 is 19.9 Å². The van der Waals surface area contributed by atoms with E-state index in [0.29, 0.717) is 5.02 Å². The van der Waals surface area contributed by atoms with Crippen molar-refractivity contribution in [1.82, 2.24) is 0 Å². The van der Waals surface area contributed by atoms with Crippen molar-refractivity contribution < 1.29 is 43.5 Å². The van der Waals surface area contributed by atoms with E-state index in [4.69, 9.17) is 11.6 Å². The average Bonchev–Trinajstić information content (AvgIpc) is 1.93. The van der Waals surface area contributed by atoms with Crippen LogP contribution in [0.4, 0.5) is 0 Å². The second kappa shape index (κ2) is 5.92. The largest absolute Gasteiger partial charge is 1.00 e. The van der Waals surface area contributed by atoms with Gasteiger partial charge in [-0.2, -0.15) is 0 Å². The molecule has 0 amide bonds. The molecular formula is C6H4ClNaO3P+. The van der Waals surface area contributed by atoms with Crippen molar-refractivity contribution in [3.63, 3.8) is 0 Å². The Hall–Kier alpha value is 0.370. The van der Waals surface area contributed by atoms with Crippen molar-refractivity contribution in [2.24, 2.45) is 0 Å². The van der Waals surface area contributed by atoms with Crippen LogP contribution in [-0.2, 0) is 4.57 Å². The van der Waals surface area contributed by atoms with Crippen molar-refractivity contribution in [3.8, 4) is 5.75 Å². The standard InChI is InChI=1S/C6H4ClO3P.Na/c7-5-1-3-6(4-2-5)10-11(8)9;/h1-4H;/q;+1. The Morgan fingerprint density at radius 3 is 2.25 bits per heavy atom. The fraction of sp³-hybridized carbons (Fsp3) is 0. The van der Waals surface area contributed by atoms with Crippen LogP contribution in [-0.4, -0.2) is 0 Å². The molecule has 12 heavy (non-hydrogen) atoms. The minimum atomic E-state index is -2.83. The summed E-state index contributed by atoms with van der Waals surface area (Å²) in [7, 11) is -2.83. The van der Waals surface area contributed by atoms with Gasteiger partial charge in [0.15, 0.2) is 5.75 Å². The van der Waals surface area contributed by atoms with Gasteiger partial charge in [0.25, 0.3) is 0 Å². The van der Waals surface area contributed by atoms with E-state index in [1.54, 1.807) is 12.1 Å². The normalized spacial score (nSPS) is 10.0. The maximum absolute atomic E-state index is 10.0. The van der Waals surface area contributed by atoms with Gasteiger partial charge in [-0.1, -0.05) is 11.6 Å².